The lowest BCUT2D eigenvalue weighted by molar-refractivity contribution is -0.119. The van der Waals surface area contributed by atoms with Gasteiger partial charge in [0.25, 0.3) is 5.91 Å². The highest BCUT2D eigenvalue weighted by atomic mass is 35.5. The third-order valence-corrected chi connectivity index (χ3v) is 4.57. The van der Waals surface area contributed by atoms with Crippen LogP contribution in [0.2, 0.25) is 5.02 Å². The van der Waals surface area contributed by atoms with Gasteiger partial charge in [-0.15, -0.1) is 0 Å². The molecular formula is C20H21ClN2O4. The molecule has 0 aliphatic carbocycles. The average molecular weight is 389 g/mol. The number of hydrogen-bond donors (Lipinski definition) is 1. The molecule has 0 bridgehead atoms. The molecule has 27 heavy (non-hydrogen) atoms. The first-order valence-corrected chi connectivity index (χ1v) is 9.10. The van der Waals surface area contributed by atoms with Crippen LogP contribution in [-0.2, 0) is 9.53 Å². The van der Waals surface area contributed by atoms with E-state index in [2.05, 4.69) is 10.2 Å². The summed E-state index contributed by atoms with van der Waals surface area (Å²) < 4.78 is 10.2. The van der Waals surface area contributed by atoms with E-state index in [1.165, 1.54) is 26.0 Å². The van der Waals surface area contributed by atoms with E-state index in [1.54, 1.807) is 12.1 Å². The number of benzene rings is 2. The number of carbonyl (C=O) groups excluding carboxylic acids is 2. The van der Waals surface area contributed by atoms with Gasteiger partial charge in [0.1, 0.15) is 11.3 Å². The van der Waals surface area contributed by atoms with Crippen molar-refractivity contribution in [1.29, 1.82) is 0 Å². The number of ether oxygens (including phenoxy) is 2. The van der Waals surface area contributed by atoms with Gasteiger partial charge in [-0.3, -0.25) is 4.79 Å². The smallest absolute Gasteiger partial charge is 0.342 e. The van der Waals surface area contributed by atoms with Crippen LogP contribution < -0.4 is 15.0 Å². The van der Waals surface area contributed by atoms with Gasteiger partial charge < -0.3 is 19.7 Å². The second kappa shape index (κ2) is 8.77. The van der Waals surface area contributed by atoms with Crippen molar-refractivity contribution in [1.82, 2.24) is 0 Å². The zero-order valence-electron chi connectivity index (χ0n) is 15.0. The molecule has 2 aromatic carbocycles. The molecule has 1 heterocycles. The van der Waals surface area contributed by atoms with Gasteiger partial charge in [-0.2, -0.15) is 0 Å². The Bertz CT molecular complexity index is 817. The molecule has 1 aliphatic heterocycles. The summed E-state index contributed by atoms with van der Waals surface area (Å²) in [7, 11) is 1.44. The standard InChI is InChI=1S/C20H21ClN2O4/c1-26-18-9-4-14(21)12-17(18)20(25)27-13-19(24)22-15-5-7-16(8-6-15)23-10-2-3-11-23/h4-9,12H,2-3,10-11,13H2,1H3,(H,22,24). The topological polar surface area (TPSA) is 67.9 Å². The van der Waals surface area contributed by atoms with E-state index in [9.17, 15) is 9.59 Å². The molecule has 1 fully saturated rings. The maximum Gasteiger partial charge on any atom is 0.342 e. The molecule has 2 aromatic rings. The first-order valence-electron chi connectivity index (χ1n) is 8.72. The van der Waals surface area contributed by atoms with Gasteiger partial charge in [-0.25, -0.2) is 4.79 Å². The minimum Gasteiger partial charge on any atom is -0.496 e. The molecule has 1 amide bonds. The summed E-state index contributed by atoms with van der Waals surface area (Å²) in [6, 6.07) is 12.3. The van der Waals surface area contributed by atoms with Gasteiger partial charge in [0, 0.05) is 29.5 Å². The Morgan fingerprint density at radius 3 is 2.48 bits per heavy atom. The van der Waals surface area contributed by atoms with Crippen LogP contribution in [0.15, 0.2) is 42.5 Å². The molecule has 0 saturated carbocycles. The van der Waals surface area contributed by atoms with Crippen LogP contribution in [0.5, 0.6) is 5.75 Å². The van der Waals surface area contributed by atoms with Crippen molar-refractivity contribution in [3.63, 3.8) is 0 Å². The Hall–Kier alpha value is -2.73. The van der Waals surface area contributed by atoms with Gasteiger partial charge in [0.2, 0.25) is 0 Å². The highest BCUT2D eigenvalue weighted by molar-refractivity contribution is 6.31. The molecule has 0 atom stereocenters. The van der Waals surface area contributed by atoms with Gasteiger partial charge in [-0.05, 0) is 55.3 Å². The highest BCUT2D eigenvalue weighted by Crippen LogP contribution is 2.24. The van der Waals surface area contributed by atoms with Crippen LogP contribution in [0, 0.1) is 0 Å². The lowest BCUT2D eigenvalue weighted by Gasteiger charge is -2.17. The van der Waals surface area contributed by atoms with E-state index in [0.717, 1.165) is 18.8 Å². The fourth-order valence-corrected chi connectivity index (χ4v) is 3.15. The fourth-order valence-electron chi connectivity index (χ4n) is 2.98. The molecule has 1 N–H and O–H groups in total. The number of rotatable bonds is 6. The van der Waals surface area contributed by atoms with Crippen LogP contribution in [0.3, 0.4) is 0 Å². The maximum atomic E-state index is 12.2. The zero-order valence-corrected chi connectivity index (χ0v) is 15.8. The minimum absolute atomic E-state index is 0.174. The first kappa shape index (κ1) is 19.0. The minimum atomic E-state index is -0.672. The monoisotopic (exact) mass is 388 g/mol. The molecule has 0 aromatic heterocycles. The molecule has 0 spiro atoms. The largest absolute Gasteiger partial charge is 0.496 e. The Morgan fingerprint density at radius 1 is 1.11 bits per heavy atom. The highest BCUT2D eigenvalue weighted by Gasteiger charge is 2.16. The predicted octanol–water partition coefficient (Wildman–Crippen LogP) is 3.74. The number of methoxy groups -OCH3 is 1. The quantitative estimate of drug-likeness (QED) is 0.763. The molecule has 3 rings (SSSR count). The summed E-state index contributed by atoms with van der Waals surface area (Å²) in [5.41, 5.74) is 1.97. The van der Waals surface area contributed by atoms with Crippen molar-refractivity contribution in [2.45, 2.75) is 12.8 Å². The maximum absolute atomic E-state index is 12.2. The number of hydrogen-bond acceptors (Lipinski definition) is 5. The van der Waals surface area contributed by atoms with Crippen molar-refractivity contribution in [3.05, 3.63) is 53.1 Å². The van der Waals surface area contributed by atoms with E-state index < -0.39 is 18.5 Å². The van der Waals surface area contributed by atoms with E-state index in [0.29, 0.717) is 16.5 Å². The SMILES string of the molecule is COc1ccc(Cl)cc1C(=O)OCC(=O)Nc1ccc(N2CCCC2)cc1. The number of nitrogens with one attached hydrogen (secondary N) is 1. The van der Waals surface area contributed by atoms with Crippen molar-refractivity contribution in [2.24, 2.45) is 0 Å². The van der Waals surface area contributed by atoms with Crippen LogP contribution in [0.25, 0.3) is 0 Å². The molecule has 6 nitrogen and oxygen atoms in total. The van der Waals surface area contributed by atoms with Gasteiger partial charge in [-0.1, -0.05) is 11.6 Å². The Balaban J connectivity index is 1.53. The number of anilines is 2. The fraction of sp³-hybridized carbons (Fsp3) is 0.300. The molecule has 0 unspecified atom stereocenters. The van der Waals surface area contributed by atoms with Crippen molar-refractivity contribution >= 4 is 34.9 Å². The number of amides is 1. The first-order chi connectivity index (χ1) is 13.1. The number of carbonyl (C=O) groups is 2. The predicted molar refractivity (Wildman–Crippen MR) is 105 cm³/mol. The number of nitrogens with zero attached hydrogens (tertiary/aromatic N) is 1. The molecule has 142 valence electrons. The summed E-state index contributed by atoms with van der Waals surface area (Å²) in [5, 5.41) is 3.09. The summed E-state index contributed by atoms with van der Waals surface area (Å²) in [6.45, 7) is 1.73. The van der Waals surface area contributed by atoms with Crippen molar-refractivity contribution < 1.29 is 19.1 Å². The summed E-state index contributed by atoms with van der Waals surface area (Å²) in [6.07, 6.45) is 2.42. The van der Waals surface area contributed by atoms with Crippen LogP contribution in [-0.4, -0.2) is 38.7 Å². The molecule has 0 radical (unpaired) electrons. The van der Waals surface area contributed by atoms with Gasteiger partial charge in [0.05, 0.1) is 7.11 Å². The van der Waals surface area contributed by atoms with Crippen LogP contribution in [0.4, 0.5) is 11.4 Å². The van der Waals surface area contributed by atoms with E-state index in [4.69, 9.17) is 21.1 Å². The van der Waals surface area contributed by atoms with E-state index in [1.807, 2.05) is 24.3 Å². The van der Waals surface area contributed by atoms with Gasteiger partial charge >= 0.3 is 5.97 Å². The van der Waals surface area contributed by atoms with Crippen molar-refractivity contribution in [3.8, 4) is 5.75 Å². The van der Waals surface area contributed by atoms with Crippen LogP contribution in [0.1, 0.15) is 23.2 Å². The second-order valence-corrected chi connectivity index (χ2v) is 6.65. The lowest BCUT2D eigenvalue weighted by Crippen LogP contribution is -2.21. The molecular weight excluding hydrogens is 368 g/mol. The lowest BCUT2D eigenvalue weighted by atomic mass is 10.2. The zero-order chi connectivity index (χ0) is 19.2. The summed E-state index contributed by atoms with van der Waals surface area (Å²) in [4.78, 5) is 26.5. The summed E-state index contributed by atoms with van der Waals surface area (Å²) >= 11 is 5.90. The van der Waals surface area contributed by atoms with E-state index in [-0.39, 0.29) is 5.56 Å². The third-order valence-electron chi connectivity index (χ3n) is 4.34. The molecule has 7 heteroatoms. The third kappa shape index (κ3) is 4.92. The number of halogens is 1. The second-order valence-electron chi connectivity index (χ2n) is 6.21. The average Bonchev–Trinajstić information content (AvgIpc) is 3.21. The summed E-state index contributed by atoms with van der Waals surface area (Å²) in [5.74, 6) is -0.755. The van der Waals surface area contributed by atoms with Gasteiger partial charge in [0.15, 0.2) is 6.61 Å². The Morgan fingerprint density at radius 2 is 1.81 bits per heavy atom. The normalized spacial score (nSPS) is 13.3. The number of esters is 1. The van der Waals surface area contributed by atoms with Crippen LogP contribution >= 0.6 is 11.6 Å². The Kier molecular flexibility index (Phi) is 6.19. The van der Waals surface area contributed by atoms with E-state index >= 15 is 0 Å². The van der Waals surface area contributed by atoms with Crippen molar-refractivity contribution in [2.75, 3.05) is 37.0 Å². The molecule has 1 aliphatic rings. The Labute approximate surface area is 163 Å². The molecule has 1 saturated heterocycles.